The summed E-state index contributed by atoms with van der Waals surface area (Å²) >= 11 is 6.08. The van der Waals surface area contributed by atoms with E-state index in [9.17, 15) is 4.79 Å². The van der Waals surface area contributed by atoms with Crippen molar-refractivity contribution in [2.45, 2.75) is 6.92 Å². The number of anilines is 1. The van der Waals surface area contributed by atoms with Crippen LogP contribution in [0.25, 0.3) is 11.0 Å². The number of carbonyl (C=O) groups is 1. The molecule has 3 rings (SSSR count). The van der Waals surface area contributed by atoms with Crippen molar-refractivity contribution in [1.82, 2.24) is 9.97 Å². The fourth-order valence-corrected chi connectivity index (χ4v) is 2.33. The van der Waals surface area contributed by atoms with Crippen molar-refractivity contribution in [2.24, 2.45) is 0 Å². The van der Waals surface area contributed by atoms with Crippen molar-refractivity contribution in [2.75, 3.05) is 11.9 Å². The summed E-state index contributed by atoms with van der Waals surface area (Å²) in [6.07, 6.45) is 0. The van der Waals surface area contributed by atoms with Crippen LogP contribution in [0, 0.1) is 0 Å². The molecular weight excluding hydrogens is 314 g/mol. The molecule has 116 valence electrons. The average Bonchev–Trinajstić information content (AvgIpc) is 2.56. The largest absolute Gasteiger partial charge is 0.494 e. The molecule has 2 aromatic carbocycles. The predicted molar refractivity (Wildman–Crippen MR) is 90.1 cm³/mol. The molecule has 0 atom stereocenters. The van der Waals surface area contributed by atoms with Gasteiger partial charge < -0.3 is 10.1 Å². The second-order valence-corrected chi connectivity index (χ2v) is 5.12. The van der Waals surface area contributed by atoms with Crippen LogP contribution >= 0.6 is 11.6 Å². The van der Waals surface area contributed by atoms with E-state index in [0.29, 0.717) is 23.3 Å². The minimum Gasteiger partial charge on any atom is -0.494 e. The number of fused-ring (bicyclic) bond motifs is 1. The van der Waals surface area contributed by atoms with Crippen LogP contribution in [-0.2, 0) is 0 Å². The number of nitrogens with zero attached hydrogens (tertiary/aromatic N) is 2. The molecule has 0 bridgehead atoms. The van der Waals surface area contributed by atoms with E-state index >= 15 is 0 Å². The Morgan fingerprint density at radius 3 is 2.39 bits per heavy atom. The zero-order chi connectivity index (χ0) is 16.2. The standard InChI is InChI=1S/C17H14ClN3O2/c1-2-23-12-9-7-11(8-10-12)19-17(22)15-16(18)21-14-6-4-3-5-13(14)20-15/h3-10H,2H2,1H3,(H,19,22). The lowest BCUT2D eigenvalue weighted by Crippen LogP contribution is -2.15. The Morgan fingerprint density at radius 2 is 1.74 bits per heavy atom. The number of aromatic nitrogens is 2. The molecule has 6 heteroatoms. The molecule has 5 nitrogen and oxygen atoms in total. The predicted octanol–water partition coefficient (Wildman–Crippen LogP) is 3.93. The number of hydrogen-bond donors (Lipinski definition) is 1. The molecule has 0 aliphatic carbocycles. The number of rotatable bonds is 4. The Balaban J connectivity index is 1.84. The molecule has 23 heavy (non-hydrogen) atoms. The maximum Gasteiger partial charge on any atom is 0.277 e. The Bertz CT molecular complexity index is 850. The first-order valence-corrected chi connectivity index (χ1v) is 7.51. The summed E-state index contributed by atoms with van der Waals surface area (Å²) in [7, 11) is 0. The molecule has 1 amide bonds. The second-order valence-electron chi connectivity index (χ2n) is 4.76. The van der Waals surface area contributed by atoms with Gasteiger partial charge in [0.1, 0.15) is 5.75 Å². The second kappa shape index (κ2) is 6.62. The summed E-state index contributed by atoms with van der Waals surface area (Å²) < 4.78 is 5.36. The quantitative estimate of drug-likeness (QED) is 0.788. The SMILES string of the molecule is CCOc1ccc(NC(=O)c2nc3ccccc3nc2Cl)cc1. The van der Waals surface area contributed by atoms with Crippen molar-refractivity contribution < 1.29 is 9.53 Å². The van der Waals surface area contributed by atoms with Crippen LogP contribution in [0.3, 0.4) is 0 Å². The van der Waals surface area contributed by atoms with Crippen molar-refractivity contribution in [3.05, 3.63) is 59.4 Å². The van der Waals surface area contributed by atoms with Gasteiger partial charge in [-0.05, 0) is 43.3 Å². The highest BCUT2D eigenvalue weighted by Crippen LogP contribution is 2.20. The lowest BCUT2D eigenvalue weighted by Gasteiger charge is -2.08. The Labute approximate surface area is 138 Å². The van der Waals surface area contributed by atoms with Gasteiger partial charge in [-0.15, -0.1) is 0 Å². The number of nitrogens with one attached hydrogen (secondary N) is 1. The van der Waals surface area contributed by atoms with Gasteiger partial charge in [-0.25, -0.2) is 9.97 Å². The number of ether oxygens (including phenoxy) is 1. The van der Waals surface area contributed by atoms with Gasteiger partial charge in [0, 0.05) is 5.69 Å². The fourth-order valence-electron chi connectivity index (χ4n) is 2.11. The van der Waals surface area contributed by atoms with Gasteiger partial charge in [0.2, 0.25) is 0 Å². The van der Waals surface area contributed by atoms with Gasteiger partial charge in [0.25, 0.3) is 5.91 Å². The van der Waals surface area contributed by atoms with E-state index in [-0.39, 0.29) is 10.8 Å². The molecule has 0 spiro atoms. The molecule has 1 N–H and O–H groups in total. The molecule has 0 fully saturated rings. The minimum atomic E-state index is -0.405. The smallest absolute Gasteiger partial charge is 0.277 e. The molecule has 1 heterocycles. The van der Waals surface area contributed by atoms with Crippen LogP contribution in [0.15, 0.2) is 48.5 Å². The summed E-state index contributed by atoms with van der Waals surface area (Å²) in [5, 5.41) is 2.83. The van der Waals surface area contributed by atoms with Crippen molar-refractivity contribution in [1.29, 1.82) is 0 Å². The van der Waals surface area contributed by atoms with Crippen LogP contribution in [0.1, 0.15) is 17.4 Å². The Morgan fingerprint density at radius 1 is 1.09 bits per heavy atom. The summed E-state index contributed by atoms with van der Waals surface area (Å²) in [4.78, 5) is 20.8. The first-order chi connectivity index (χ1) is 11.2. The highest BCUT2D eigenvalue weighted by atomic mass is 35.5. The van der Waals surface area contributed by atoms with Gasteiger partial charge in [-0.2, -0.15) is 0 Å². The lowest BCUT2D eigenvalue weighted by molar-refractivity contribution is 0.102. The first kappa shape index (κ1) is 15.2. The number of benzene rings is 2. The topological polar surface area (TPSA) is 64.1 Å². The molecule has 0 saturated heterocycles. The van der Waals surface area contributed by atoms with Crippen LogP contribution < -0.4 is 10.1 Å². The minimum absolute atomic E-state index is 0.0761. The maximum absolute atomic E-state index is 12.4. The van der Waals surface area contributed by atoms with E-state index in [1.54, 1.807) is 36.4 Å². The number of para-hydroxylation sites is 2. The average molecular weight is 328 g/mol. The fraction of sp³-hybridized carbons (Fsp3) is 0.118. The zero-order valence-electron chi connectivity index (χ0n) is 12.4. The highest BCUT2D eigenvalue weighted by Gasteiger charge is 2.15. The monoisotopic (exact) mass is 327 g/mol. The summed E-state index contributed by atoms with van der Waals surface area (Å²) in [5.41, 5.74) is 1.99. The molecule has 0 saturated carbocycles. The number of amides is 1. The molecular formula is C17H14ClN3O2. The van der Waals surface area contributed by atoms with Gasteiger partial charge in [-0.1, -0.05) is 23.7 Å². The van der Waals surface area contributed by atoms with Crippen LogP contribution in [-0.4, -0.2) is 22.5 Å². The third-order valence-electron chi connectivity index (χ3n) is 3.17. The van der Waals surface area contributed by atoms with Crippen molar-refractivity contribution in [3.63, 3.8) is 0 Å². The lowest BCUT2D eigenvalue weighted by atomic mass is 10.2. The van der Waals surface area contributed by atoms with Gasteiger partial charge >= 0.3 is 0 Å². The van der Waals surface area contributed by atoms with E-state index in [0.717, 1.165) is 5.75 Å². The summed E-state index contributed by atoms with van der Waals surface area (Å²) in [6.45, 7) is 2.50. The van der Waals surface area contributed by atoms with Crippen LogP contribution in [0.5, 0.6) is 5.75 Å². The third-order valence-corrected chi connectivity index (χ3v) is 3.43. The molecule has 3 aromatic rings. The highest BCUT2D eigenvalue weighted by molar-refractivity contribution is 6.33. The molecule has 1 aromatic heterocycles. The van der Waals surface area contributed by atoms with E-state index in [1.807, 2.05) is 19.1 Å². The Kier molecular flexibility index (Phi) is 4.39. The zero-order valence-corrected chi connectivity index (χ0v) is 13.2. The molecule has 0 aliphatic heterocycles. The van der Waals surface area contributed by atoms with Gasteiger partial charge in [-0.3, -0.25) is 4.79 Å². The molecule has 0 aliphatic rings. The number of carbonyl (C=O) groups excluding carboxylic acids is 1. The first-order valence-electron chi connectivity index (χ1n) is 7.14. The number of halogens is 1. The normalized spacial score (nSPS) is 10.5. The van der Waals surface area contributed by atoms with E-state index in [2.05, 4.69) is 15.3 Å². The molecule has 0 radical (unpaired) electrons. The van der Waals surface area contributed by atoms with E-state index in [1.165, 1.54) is 0 Å². The summed E-state index contributed by atoms with van der Waals surface area (Å²) in [6, 6.07) is 14.3. The van der Waals surface area contributed by atoms with E-state index < -0.39 is 5.91 Å². The maximum atomic E-state index is 12.4. The Hall–Kier alpha value is -2.66. The summed E-state index contributed by atoms with van der Waals surface area (Å²) in [5.74, 6) is 0.339. The van der Waals surface area contributed by atoms with Gasteiger partial charge in [0.15, 0.2) is 10.8 Å². The molecule has 0 unspecified atom stereocenters. The van der Waals surface area contributed by atoms with Crippen molar-refractivity contribution in [3.8, 4) is 5.75 Å². The third kappa shape index (κ3) is 3.40. The van der Waals surface area contributed by atoms with E-state index in [4.69, 9.17) is 16.3 Å². The number of hydrogen-bond acceptors (Lipinski definition) is 4. The van der Waals surface area contributed by atoms with Gasteiger partial charge in [0.05, 0.1) is 17.6 Å². The van der Waals surface area contributed by atoms with Crippen LogP contribution in [0.2, 0.25) is 5.15 Å². The van der Waals surface area contributed by atoms with Crippen LogP contribution in [0.4, 0.5) is 5.69 Å². The van der Waals surface area contributed by atoms with Crippen molar-refractivity contribution >= 4 is 34.2 Å².